The molecule has 0 aliphatic rings. The van der Waals surface area contributed by atoms with E-state index in [0.717, 1.165) is 22.7 Å². The van der Waals surface area contributed by atoms with Crippen LogP contribution in [0.1, 0.15) is 23.4 Å². The van der Waals surface area contributed by atoms with Gasteiger partial charge < -0.3 is 14.8 Å². The van der Waals surface area contributed by atoms with E-state index in [1.807, 2.05) is 38.1 Å². The van der Waals surface area contributed by atoms with Crippen LogP contribution in [0.15, 0.2) is 24.3 Å². The van der Waals surface area contributed by atoms with E-state index in [1.165, 1.54) is 0 Å². The van der Waals surface area contributed by atoms with Crippen LogP contribution in [0.5, 0.6) is 5.75 Å². The van der Waals surface area contributed by atoms with E-state index in [-0.39, 0.29) is 18.9 Å². The standard InChI is InChI=1S/C18H23N3O4/c1-12-18(13(2)21(3)20-12)19-16(22)11-25-17(23)10-9-14-7-5-6-8-15(14)24-4/h5-8H,9-11H2,1-4H3,(H,19,22). The average molecular weight is 345 g/mol. The minimum atomic E-state index is -0.430. The van der Waals surface area contributed by atoms with Crippen molar-refractivity contribution in [1.82, 2.24) is 9.78 Å². The zero-order valence-corrected chi connectivity index (χ0v) is 15.0. The van der Waals surface area contributed by atoms with Gasteiger partial charge in [-0.05, 0) is 31.9 Å². The van der Waals surface area contributed by atoms with Crippen LogP contribution >= 0.6 is 0 Å². The first-order chi connectivity index (χ1) is 11.9. The first-order valence-electron chi connectivity index (χ1n) is 8.00. The Morgan fingerprint density at radius 2 is 1.96 bits per heavy atom. The molecule has 0 saturated carbocycles. The number of rotatable bonds is 7. The number of methoxy groups -OCH3 is 1. The van der Waals surface area contributed by atoms with E-state index >= 15 is 0 Å². The molecule has 0 spiro atoms. The monoisotopic (exact) mass is 345 g/mol. The summed E-state index contributed by atoms with van der Waals surface area (Å²) in [5, 5.41) is 6.95. The van der Waals surface area contributed by atoms with E-state index in [0.29, 0.717) is 12.1 Å². The molecule has 0 saturated heterocycles. The van der Waals surface area contributed by atoms with Crippen molar-refractivity contribution in [3.8, 4) is 5.75 Å². The second-order valence-corrected chi connectivity index (χ2v) is 5.69. The van der Waals surface area contributed by atoms with Crippen molar-refractivity contribution in [2.45, 2.75) is 26.7 Å². The number of aryl methyl sites for hydroxylation is 3. The number of hydrogen-bond donors (Lipinski definition) is 1. The molecule has 0 atom stereocenters. The van der Waals surface area contributed by atoms with Crippen molar-refractivity contribution in [3.05, 3.63) is 41.2 Å². The molecule has 0 aliphatic heterocycles. The predicted octanol–water partition coefficient (Wildman–Crippen LogP) is 2.16. The lowest BCUT2D eigenvalue weighted by atomic mass is 10.1. The SMILES string of the molecule is COc1ccccc1CCC(=O)OCC(=O)Nc1c(C)nn(C)c1C. The molecule has 2 rings (SSSR count). The molecule has 1 N–H and O–H groups in total. The van der Waals surface area contributed by atoms with Gasteiger partial charge in [0.2, 0.25) is 0 Å². The number of hydrogen-bond acceptors (Lipinski definition) is 5. The van der Waals surface area contributed by atoms with Crippen LogP contribution < -0.4 is 10.1 Å². The van der Waals surface area contributed by atoms with Crippen LogP contribution in [0.2, 0.25) is 0 Å². The maximum Gasteiger partial charge on any atom is 0.306 e. The fourth-order valence-corrected chi connectivity index (χ4v) is 2.49. The molecule has 1 aromatic heterocycles. The Balaban J connectivity index is 1.80. The van der Waals surface area contributed by atoms with Crippen molar-refractivity contribution in [3.63, 3.8) is 0 Å². The highest BCUT2D eigenvalue weighted by molar-refractivity contribution is 5.93. The number of para-hydroxylation sites is 1. The molecule has 0 radical (unpaired) electrons. The summed E-state index contributed by atoms with van der Waals surface area (Å²) in [7, 11) is 3.39. The number of benzene rings is 1. The van der Waals surface area contributed by atoms with Gasteiger partial charge >= 0.3 is 5.97 Å². The normalized spacial score (nSPS) is 10.4. The van der Waals surface area contributed by atoms with Gasteiger partial charge in [-0.2, -0.15) is 5.10 Å². The maximum absolute atomic E-state index is 12.0. The fourth-order valence-electron chi connectivity index (χ4n) is 2.49. The van der Waals surface area contributed by atoms with Gasteiger partial charge in [0.1, 0.15) is 5.75 Å². The van der Waals surface area contributed by atoms with Crippen LogP contribution in [0.4, 0.5) is 5.69 Å². The van der Waals surface area contributed by atoms with Gasteiger partial charge in [0, 0.05) is 13.5 Å². The Bertz CT molecular complexity index is 768. The van der Waals surface area contributed by atoms with Gasteiger partial charge in [-0.3, -0.25) is 14.3 Å². The number of ether oxygens (including phenoxy) is 2. The van der Waals surface area contributed by atoms with E-state index < -0.39 is 5.97 Å². The third-order valence-corrected chi connectivity index (χ3v) is 3.93. The summed E-state index contributed by atoms with van der Waals surface area (Å²) in [6.45, 7) is 3.34. The number of nitrogens with one attached hydrogen (secondary N) is 1. The molecule has 1 aromatic carbocycles. The Morgan fingerprint density at radius 3 is 2.60 bits per heavy atom. The van der Waals surface area contributed by atoms with Crippen LogP contribution in [-0.4, -0.2) is 35.4 Å². The number of amides is 1. The average Bonchev–Trinajstić information content (AvgIpc) is 2.84. The lowest BCUT2D eigenvalue weighted by molar-refractivity contribution is -0.147. The van der Waals surface area contributed by atoms with Gasteiger partial charge in [-0.15, -0.1) is 0 Å². The largest absolute Gasteiger partial charge is 0.496 e. The molecule has 1 heterocycles. The van der Waals surface area contributed by atoms with Crippen molar-refractivity contribution in [2.75, 3.05) is 19.0 Å². The van der Waals surface area contributed by atoms with Gasteiger partial charge in [0.15, 0.2) is 6.61 Å². The van der Waals surface area contributed by atoms with Crippen LogP contribution in [0.3, 0.4) is 0 Å². The summed E-state index contributed by atoms with van der Waals surface area (Å²) in [4.78, 5) is 23.8. The molecule has 25 heavy (non-hydrogen) atoms. The topological polar surface area (TPSA) is 82.4 Å². The Hall–Kier alpha value is -2.83. The van der Waals surface area contributed by atoms with Crippen LogP contribution in [-0.2, 0) is 27.8 Å². The van der Waals surface area contributed by atoms with Crippen molar-refractivity contribution >= 4 is 17.6 Å². The molecule has 0 unspecified atom stereocenters. The first kappa shape index (κ1) is 18.5. The summed E-state index contributed by atoms with van der Waals surface area (Å²) in [5.41, 5.74) is 3.13. The molecule has 0 bridgehead atoms. The van der Waals surface area contributed by atoms with Gasteiger partial charge in [-0.1, -0.05) is 18.2 Å². The molecule has 7 heteroatoms. The lowest BCUT2D eigenvalue weighted by Gasteiger charge is -2.09. The Kier molecular flexibility index (Phi) is 6.16. The number of nitrogens with zero attached hydrogens (tertiary/aromatic N) is 2. The van der Waals surface area contributed by atoms with E-state index in [9.17, 15) is 9.59 Å². The van der Waals surface area contributed by atoms with Crippen LogP contribution in [0, 0.1) is 13.8 Å². The number of esters is 1. The lowest BCUT2D eigenvalue weighted by Crippen LogP contribution is -2.21. The number of anilines is 1. The Morgan fingerprint density at radius 1 is 1.24 bits per heavy atom. The van der Waals surface area contributed by atoms with E-state index in [1.54, 1.807) is 18.8 Å². The molecule has 0 aliphatic carbocycles. The van der Waals surface area contributed by atoms with Crippen molar-refractivity contribution in [2.24, 2.45) is 7.05 Å². The molecule has 134 valence electrons. The molecule has 7 nitrogen and oxygen atoms in total. The predicted molar refractivity (Wildman–Crippen MR) is 93.6 cm³/mol. The fraction of sp³-hybridized carbons (Fsp3) is 0.389. The summed E-state index contributed by atoms with van der Waals surface area (Å²) in [6.07, 6.45) is 0.671. The van der Waals surface area contributed by atoms with E-state index in [4.69, 9.17) is 9.47 Å². The molecular weight excluding hydrogens is 322 g/mol. The first-order valence-corrected chi connectivity index (χ1v) is 8.00. The molecule has 0 fully saturated rings. The highest BCUT2D eigenvalue weighted by Gasteiger charge is 2.14. The van der Waals surface area contributed by atoms with Crippen LogP contribution in [0.25, 0.3) is 0 Å². The third kappa shape index (κ3) is 4.82. The second-order valence-electron chi connectivity index (χ2n) is 5.69. The zero-order valence-electron chi connectivity index (χ0n) is 15.0. The highest BCUT2D eigenvalue weighted by atomic mass is 16.5. The quantitative estimate of drug-likeness (QED) is 0.778. The number of aromatic nitrogens is 2. The molecule has 2 aromatic rings. The second kappa shape index (κ2) is 8.32. The van der Waals surface area contributed by atoms with E-state index in [2.05, 4.69) is 10.4 Å². The smallest absolute Gasteiger partial charge is 0.306 e. The summed E-state index contributed by atoms with van der Waals surface area (Å²) in [6, 6.07) is 7.49. The minimum Gasteiger partial charge on any atom is -0.496 e. The van der Waals surface area contributed by atoms with Gasteiger partial charge in [-0.25, -0.2) is 0 Å². The Labute approximate surface area is 146 Å². The summed E-state index contributed by atoms with van der Waals surface area (Å²) < 4.78 is 12.0. The molecule has 1 amide bonds. The minimum absolute atomic E-state index is 0.179. The summed E-state index contributed by atoms with van der Waals surface area (Å²) >= 11 is 0. The maximum atomic E-state index is 12.0. The third-order valence-electron chi connectivity index (χ3n) is 3.93. The molecular formula is C18H23N3O4. The summed E-state index contributed by atoms with van der Waals surface area (Å²) in [5.74, 6) is -0.0823. The number of carbonyl (C=O) groups is 2. The zero-order chi connectivity index (χ0) is 18.4. The number of carbonyl (C=O) groups excluding carboxylic acids is 2. The van der Waals surface area contributed by atoms with Crippen molar-refractivity contribution in [1.29, 1.82) is 0 Å². The highest BCUT2D eigenvalue weighted by Crippen LogP contribution is 2.19. The van der Waals surface area contributed by atoms with Gasteiger partial charge in [0.05, 0.1) is 24.2 Å². The van der Waals surface area contributed by atoms with Gasteiger partial charge in [0.25, 0.3) is 5.91 Å². The van der Waals surface area contributed by atoms with Crippen molar-refractivity contribution < 1.29 is 19.1 Å².